The smallest absolute Gasteiger partial charge is 0.293 e. The van der Waals surface area contributed by atoms with Gasteiger partial charge in [0.05, 0.1) is 12.0 Å². The minimum Gasteiger partial charge on any atom is -0.459 e. The number of amides is 2. The van der Waals surface area contributed by atoms with E-state index >= 15 is 0 Å². The van der Waals surface area contributed by atoms with Gasteiger partial charge in [0.15, 0.2) is 5.76 Å². The van der Waals surface area contributed by atoms with Gasteiger partial charge >= 0.3 is 0 Å². The van der Waals surface area contributed by atoms with Gasteiger partial charge in [-0.15, -0.1) is 5.10 Å². The molecule has 10 heteroatoms. The van der Waals surface area contributed by atoms with Crippen LogP contribution in [0.1, 0.15) is 27.0 Å². The number of nitrogens with one attached hydrogen (secondary N) is 1. The van der Waals surface area contributed by atoms with Crippen LogP contribution in [0.25, 0.3) is 5.69 Å². The zero-order valence-electron chi connectivity index (χ0n) is 17.1. The highest BCUT2D eigenvalue weighted by molar-refractivity contribution is 5.91. The Morgan fingerprint density at radius 3 is 2.55 bits per heavy atom. The molecule has 0 saturated carbocycles. The summed E-state index contributed by atoms with van der Waals surface area (Å²) in [5.41, 5.74) is 0.645. The third kappa shape index (κ3) is 4.80. The molecule has 3 aromatic rings. The first-order valence-electron chi connectivity index (χ1n) is 10.0. The molecule has 1 aromatic carbocycles. The van der Waals surface area contributed by atoms with Crippen molar-refractivity contribution in [2.24, 2.45) is 0 Å². The number of aromatic nitrogens is 3. The van der Waals surface area contributed by atoms with Gasteiger partial charge in [-0.05, 0) is 43.3 Å². The summed E-state index contributed by atoms with van der Waals surface area (Å²) in [5.74, 6) is 0.170. The van der Waals surface area contributed by atoms with Crippen LogP contribution in [0.3, 0.4) is 0 Å². The van der Waals surface area contributed by atoms with Gasteiger partial charge < -0.3 is 14.6 Å². The largest absolute Gasteiger partial charge is 0.459 e. The number of aryl methyl sites for hydroxylation is 1. The molecule has 0 bridgehead atoms. The zero-order chi connectivity index (χ0) is 21.8. The molecule has 0 unspecified atom stereocenters. The molecule has 0 radical (unpaired) electrons. The normalized spacial score (nSPS) is 14.6. The molecule has 4 rings (SSSR count). The van der Waals surface area contributed by atoms with Crippen molar-refractivity contribution in [1.82, 2.24) is 29.9 Å². The number of nitrogens with zero attached hydrogens (tertiary/aromatic N) is 5. The Morgan fingerprint density at radius 2 is 1.87 bits per heavy atom. The predicted molar refractivity (Wildman–Crippen MR) is 109 cm³/mol. The van der Waals surface area contributed by atoms with Gasteiger partial charge in [-0.3, -0.25) is 14.5 Å². The molecule has 1 saturated heterocycles. The summed E-state index contributed by atoms with van der Waals surface area (Å²) >= 11 is 0. The van der Waals surface area contributed by atoms with Crippen LogP contribution in [-0.4, -0.2) is 75.6 Å². The van der Waals surface area contributed by atoms with Gasteiger partial charge in [0.2, 0.25) is 5.82 Å². The molecule has 0 spiro atoms. The fourth-order valence-corrected chi connectivity index (χ4v) is 3.45. The van der Waals surface area contributed by atoms with E-state index in [4.69, 9.17) is 4.42 Å². The maximum Gasteiger partial charge on any atom is 0.293 e. The number of carbonyl (C=O) groups excluding carboxylic acids is 2. The van der Waals surface area contributed by atoms with Gasteiger partial charge in [0, 0.05) is 39.3 Å². The maximum atomic E-state index is 13.2. The standard InChI is InChI=1S/C21H23FN6O3/c1-15-24-19(25-28(15)17-6-4-16(22)5-7-17)21(30)27-12-10-26(11-13-27)9-8-23-20(29)18-3-2-14-31-18/h2-7,14H,8-13H2,1H3,(H,23,29). The van der Waals surface area contributed by atoms with E-state index < -0.39 is 0 Å². The van der Waals surface area contributed by atoms with Crippen LogP contribution in [0.5, 0.6) is 0 Å². The molecule has 9 nitrogen and oxygen atoms in total. The Hall–Kier alpha value is -3.53. The van der Waals surface area contributed by atoms with Crippen LogP contribution in [0, 0.1) is 12.7 Å². The third-order valence-electron chi connectivity index (χ3n) is 5.15. The van der Waals surface area contributed by atoms with Crippen molar-refractivity contribution < 1.29 is 18.4 Å². The number of benzene rings is 1. The lowest BCUT2D eigenvalue weighted by Crippen LogP contribution is -2.50. The summed E-state index contributed by atoms with van der Waals surface area (Å²) in [7, 11) is 0. The Kier molecular flexibility index (Phi) is 6.08. The number of piperazine rings is 1. The number of halogens is 1. The average Bonchev–Trinajstić information content (AvgIpc) is 3.45. The van der Waals surface area contributed by atoms with Crippen LogP contribution in [0.4, 0.5) is 4.39 Å². The van der Waals surface area contributed by atoms with Crippen molar-refractivity contribution in [3.05, 3.63) is 65.9 Å². The van der Waals surface area contributed by atoms with E-state index in [2.05, 4.69) is 20.3 Å². The number of hydrogen-bond acceptors (Lipinski definition) is 6. The molecule has 162 valence electrons. The second-order valence-corrected chi connectivity index (χ2v) is 7.24. The van der Waals surface area contributed by atoms with Crippen LogP contribution in [0.15, 0.2) is 47.1 Å². The van der Waals surface area contributed by atoms with Crippen LogP contribution >= 0.6 is 0 Å². The van der Waals surface area contributed by atoms with E-state index in [1.807, 2.05) is 0 Å². The van der Waals surface area contributed by atoms with Gasteiger partial charge in [0.25, 0.3) is 11.8 Å². The summed E-state index contributed by atoms with van der Waals surface area (Å²) in [6.07, 6.45) is 1.46. The van der Waals surface area contributed by atoms with Crippen molar-refractivity contribution in [1.29, 1.82) is 0 Å². The summed E-state index contributed by atoms with van der Waals surface area (Å²) in [5, 5.41) is 7.14. The number of carbonyl (C=O) groups is 2. The first kappa shape index (κ1) is 20.7. The van der Waals surface area contributed by atoms with Crippen LogP contribution < -0.4 is 5.32 Å². The molecular formula is C21H23FN6O3. The molecule has 0 aliphatic carbocycles. The van der Waals surface area contributed by atoms with Crippen molar-refractivity contribution in [3.63, 3.8) is 0 Å². The quantitative estimate of drug-likeness (QED) is 0.642. The second kappa shape index (κ2) is 9.09. The highest BCUT2D eigenvalue weighted by Gasteiger charge is 2.25. The minimum absolute atomic E-state index is 0.126. The van der Waals surface area contributed by atoms with Gasteiger partial charge in [-0.1, -0.05) is 0 Å². The van der Waals surface area contributed by atoms with E-state index in [9.17, 15) is 14.0 Å². The summed E-state index contributed by atoms with van der Waals surface area (Å²) < 4.78 is 19.8. The monoisotopic (exact) mass is 426 g/mol. The van der Waals surface area contributed by atoms with E-state index in [0.717, 1.165) is 0 Å². The Bertz CT molecular complexity index is 1040. The second-order valence-electron chi connectivity index (χ2n) is 7.24. The van der Waals surface area contributed by atoms with Gasteiger partial charge in [-0.25, -0.2) is 14.1 Å². The first-order chi connectivity index (χ1) is 15.0. The maximum absolute atomic E-state index is 13.2. The molecule has 31 heavy (non-hydrogen) atoms. The molecule has 0 atom stereocenters. The lowest BCUT2D eigenvalue weighted by atomic mass is 10.3. The highest BCUT2D eigenvalue weighted by atomic mass is 19.1. The Balaban J connectivity index is 1.28. The molecule has 3 heterocycles. The highest BCUT2D eigenvalue weighted by Crippen LogP contribution is 2.12. The average molecular weight is 426 g/mol. The minimum atomic E-state index is -0.337. The molecule has 1 aliphatic rings. The number of hydrogen-bond donors (Lipinski definition) is 1. The third-order valence-corrected chi connectivity index (χ3v) is 5.15. The molecular weight excluding hydrogens is 403 g/mol. The topological polar surface area (TPSA) is 96.5 Å². The van der Waals surface area contributed by atoms with Crippen LogP contribution in [0.2, 0.25) is 0 Å². The van der Waals surface area contributed by atoms with E-state index in [1.54, 1.807) is 36.1 Å². The summed E-state index contributed by atoms with van der Waals surface area (Å²) in [6, 6.07) is 9.16. The lowest BCUT2D eigenvalue weighted by Gasteiger charge is -2.34. The van der Waals surface area contributed by atoms with Crippen molar-refractivity contribution >= 4 is 11.8 Å². The number of rotatable bonds is 6. The summed E-state index contributed by atoms with van der Waals surface area (Å²) in [4.78, 5) is 32.9. The zero-order valence-corrected chi connectivity index (χ0v) is 17.1. The summed E-state index contributed by atoms with van der Waals surface area (Å²) in [6.45, 7) is 5.42. The van der Waals surface area contributed by atoms with Gasteiger partial charge in [-0.2, -0.15) is 0 Å². The Labute approximate surface area is 178 Å². The molecule has 1 N–H and O–H groups in total. The Morgan fingerprint density at radius 1 is 1.13 bits per heavy atom. The van der Waals surface area contributed by atoms with Crippen molar-refractivity contribution in [3.8, 4) is 5.69 Å². The molecule has 1 fully saturated rings. The van der Waals surface area contributed by atoms with E-state index in [1.165, 1.54) is 23.1 Å². The van der Waals surface area contributed by atoms with Crippen LogP contribution in [-0.2, 0) is 0 Å². The van der Waals surface area contributed by atoms with E-state index in [0.29, 0.717) is 56.5 Å². The fourth-order valence-electron chi connectivity index (χ4n) is 3.45. The first-order valence-corrected chi connectivity index (χ1v) is 10.0. The molecule has 2 amide bonds. The van der Waals surface area contributed by atoms with Crippen molar-refractivity contribution in [2.45, 2.75) is 6.92 Å². The molecule has 1 aliphatic heterocycles. The number of furan rings is 1. The van der Waals surface area contributed by atoms with Gasteiger partial charge in [0.1, 0.15) is 11.6 Å². The lowest BCUT2D eigenvalue weighted by molar-refractivity contribution is 0.0625. The van der Waals surface area contributed by atoms with E-state index in [-0.39, 0.29) is 23.5 Å². The SMILES string of the molecule is Cc1nc(C(=O)N2CCN(CCNC(=O)c3ccco3)CC2)nn1-c1ccc(F)cc1. The predicted octanol–water partition coefficient (Wildman–Crippen LogP) is 1.50. The van der Waals surface area contributed by atoms with Crippen molar-refractivity contribution in [2.75, 3.05) is 39.3 Å². The molecule has 2 aromatic heterocycles. The fraction of sp³-hybridized carbons (Fsp3) is 0.333.